The van der Waals surface area contributed by atoms with Gasteiger partial charge in [-0.2, -0.15) is 0 Å². The zero-order chi connectivity index (χ0) is 21.4. The summed E-state index contributed by atoms with van der Waals surface area (Å²) in [5, 5.41) is 8.32. The van der Waals surface area contributed by atoms with Gasteiger partial charge in [0.15, 0.2) is 0 Å². The van der Waals surface area contributed by atoms with Crippen molar-refractivity contribution in [2.24, 2.45) is 0 Å². The van der Waals surface area contributed by atoms with Crippen LogP contribution in [0.4, 0.5) is 8.78 Å². The summed E-state index contributed by atoms with van der Waals surface area (Å²) in [6.45, 7) is 4.20. The molecule has 0 spiro atoms. The Bertz CT molecular complexity index is 1080. The molecular formula is C22H21BrF2N4O. The van der Waals surface area contributed by atoms with E-state index in [1.165, 1.54) is 16.8 Å². The van der Waals surface area contributed by atoms with E-state index >= 15 is 0 Å². The van der Waals surface area contributed by atoms with Gasteiger partial charge in [0.1, 0.15) is 17.3 Å². The van der Waals surface area contributed by atoms with Crippen LogP contribution in [0.2, 0.25) is 0 Å². The predicted molar refractivity (Wildman–Crippen MR) is 113 cm³/mol. The SMILES string of the molecule is Cc1cccc(F)c1C(=O)N1CCC(c2cn(-c3ccc(Br)cc3F)nn2)CC1C. The van der Waals surface area contributed by atoms with Gasteiger partial charge >= 0.3 is 0 Å². The van der Waals surface area contributed by atoms with Crippen molar-refractivity contribution in [3.63, 3.8) is 0 Å². The van der Waals surface area contributed by atoms with Gasteiger partial charge in [0.25, 0.3) is 5.91 Å². The number of rotatable bonds is 3. The van der Waals surface area contributed by atoms with Crippen molar-refractivity contribution in [3.05, 3.63) is 75.5 Å². The van der Waals surface area contributed by atoms with Gasteiger partial charge in [-0.1, -0.05) is 33.3 Å². The van der Waals surface area contributed by atoms with Crippen molar-refractivity contribution in [1.82, 2.24) is 19.9 Å². The first kappa shape index (κ1) is 20.7. The van der Waals surface area contributed by atoms with Crippen LogP contribution in [0.25, 0.3) is 5.69 Å². The monoisotopic (exact) mass is 474 g/mol. The van der Waals surface area contributed by atoms with Crippen LogP contribution in [0, 0.1) is 18.6 Å². The summed E-state index contributed by atoms with van der Waals surface area (Å²) >= 11 is 3.25. The second kappa shape index (κ2) is 8.26. The highest BCUT2D eigenvalue weighted by molar-refractivity contribution is 9.10. The summed E-state index contributed by atoms with van der Waals surface area (Å²) < 4.78 is 30.6. The first-order chi connectivity index (χ1) is 14.3. The maximum absolute atomic E-state index is 14.2. The van der Waals surface area contributed by atoms with Gasteiger partial charge in [-0.05, 0) is 56.5 Å². The van der Waals surface area contributed by atoms with Crippen molar-refractivity contribution < 1.29 is 13.6 Å². The third kappa shape index (κ3) is 3.88. The van der Waals surface area contributed by atoms with Crippen LogP contribution in [-0.2, 0) is 0 Å². The fraction of sp³-hybridized carbons (Fsp3) is 0.318. The molecule has 1 saturated heterocycles. The van der Waals surface area contributed by atoms with Gasteiger partial charge in [-0.15, -0.1) is 5.10 Å². The zero-order valence-electron chi connectivity index (χ0n) is 16.6. The Hall–Kier alpha value is -2.61. The first-order valence-corrected chi connectivity index (χ1v) is 10.6. The minimum atomic E-state index is -0.492. The maximum Gasteiger partial charge on any atom is 0.257 e. The average Bonchev–Trinajstić information content (AvgIpc) is 3.17. The number of hydrogen-bond acceptors (Lipinski definition) is 3. The summed E-state index contributed by atoms with van der Waals surface area (Å²) in [7, 11) is 0. The van der Waals surface area contributed by atoms with Crippen molar-refractivity contribution in [3.8, 4) is 5.69 Å². The molecule has 0 radical (unpaired) electrons. The highest BCUT2D eigenvalue weighted by atomic mass is 79.9. The Labute approximate surface area is 181 Å². The van der Waals surface area contributed by atoms with Gasteiger partial charge in [-0.25, -0.2) is 13.5 Å². The van der Waals surface area contributed by atoms with Gasteiger partial charge in [0.05, 0.1) is 17.5 Å². The first-order valence-electron chi connectivity index (χ1n) is 9.79. The van der Waals surface area contributed by atoms with Crippen LogP contribution in [0.5, 0.6) is 0 Å². The summed E-state index contributed by atoms with van der Waals surface area (Å²) in [5.41, 5.74) is 1.86. The molecule has 1 aliphatic rings. The lowest BCUT2D eigenvalue weighted by Gasteiger charge is -2.37. The molecule has 1 fully saturated rings. The Balaban J connectivity index is 1.50. The molecule has 2 unspecified atom stereocenters. The summed E-state index contributed by atoms with van der Waals surface area (Å²) in [6, 6.07) is 9.35. The molecule has 2 heterocycles. The minimum absolute atomic E-state index is 0.0789. The third-order valence-corrected chi connectivity index (χ3v) is 6.15. The van der Waals surface area contributed by atoms with Crippen LogP contribution in [-0.4, -0.2) is 38.4 Å². The van der Waals surface area contributed by atoms with E-state index in [2.05, 4.69) is 26.2 Å². The topological polar surface area (TPSA) is 51.0 Å². The van der Waals surface area contributed by atoms with E-state index < -0.39 is 11.6 Å². The molecule has 8 heteroatoms. The number of carbonyl (C=O) groups excluding carboxylic acids is 1. The van der Waals surface area contributed by atoms with E-state index in [0.717, 1.165) is 5.69 Å². The largest absolute Gasteiger partial charge is 0.336 e. The predicted octanol–water partition coefficient (Wildman–Crippen LogP) is 5.02. The Morgan fingerprint density at radius 1 is 1.20 bits per heavy atom. The normalized spacial score (nSPS) is 19.2. The lowest BCUT2D eigenvalue weighted by Crippen LogP contribution is -2.44. The Morgan fingerprint density at radius 2 is 2.00 bits per heavy atom. The van der Waals surface area contributed by atoms with E-state index in [-0.39, 0.29) is 23.4 Å². The Morgan fingerprint density at radius 3 is 2.70 bits per heavy atom. The van der Waals surface area contributed by atoms with Crippen molar-refractivity contribution in [2.75, 3.05) is 6.54 Å². The Kier molecular flexibility index (Phi) is 5.69. The van der Waals surface area contributed by atoms with Crippen LogP contribution < -0.4 is 0 Å². The average molecular weight is 475 g/mol. The minimum Gasteiger partial charge on any atom is -0.336 e. The second-order valence-electron chi connectivity index (χ2n) is 7.68. The fourth-order valence-corrected chi connectivity index (χ4v) is 4.37. The summed E-state index contributed by atoms with van der Waals surface area (Å²) in [5.74, 6) is -1.07. The molecule has 2 atom stereocenters. The molecule has 0 aliphatic carbocycles. The maximum atomic E-state index is 14.2. The van der Waals surface area contributed by atoms with Gasteiger partial charge in [0, 0.05) is 23.0 Å². The van der Waals surface area contributed by atoms with E-state index in [9.17, 15) is 13.6 Å². The van der Waals surface area contributed by atoms with Crippen molar-refractivity contribution >= 4 is 21.8 Å². The number of nitrogens with zero attached hydrogens (tertiary/aromatic N) is 4. The molecule has 1 amide bonds. The van der Waals surface area contributed by atoms with Gasteiger partial charge in [0.2, 0.25) is 0 Å². The number of aromatic nitrogens is 3. The van der Waals surface area contributed by atoms with Crippen molar-refractivity contribution in [1.29, 1.82) is 0 Å². The molecule has 30 heavy (non-hydrogen) atoms. The fourth-order valence-electron chi connectivity index (χ4n) is 4.04. The number of aryl methyl sites for hydroxylation is 1. The summed E-state index contributed by atoms with van der Waals surface area (Å²) in [4.78, 5) is 14.7. The van der Waals surface area contributed by atoms with E-state index in [1.807, 2.05) is 6.92 Å². The van der Waals surface area contributed by atoms with Crippen LogP contribution in [0.3, 0.4) is 0 Å². The van der Waals surface area contributed by atoms with Gasteiger partial charge < -0.3 is 4.90 Å². The standard InChI is InChI=1S/C22H21BrF2N4O/c1-13-4-3-5-17(24)21(13)22(30)28-9-8-15(10-14(28)2)19-12-29(27-26-19)20-7-6-16(23)11-18(20)25/h3-7,11-12,14-15H,8-10H2,1-2H3. The molecule has 0 N–H and O–H groups in total. The van der Waals surface area contributed by atoms with E-state index in [4.69, 9.17) is 0 Å². The number of amides is 1. The number of benzene rings is 2. The lowest BCUT2D eigenvalue weighted by atomic mass is 9.88. The molecule has 156 valence electrons. The van der Waals surface area contributed by atoms with Crippen LogP contribution in [0.15, 0.2) is 47.1 Å². The quantitative estimate of drug-likeness (QED) is 0.535. The molecule has 5 nitrogen and oxygen atoms in total. The molecule has 1 aliphatic heterocycles. The highest BCUT2D eigenvalue weighted by Crippen LogP contribution is 2.32. The smallest absolute Gasteiger partial charge is 0.257 e. The molecule has 0 saturated carbocycles. The van der Waals surface area contributed by atoms with Gasteiger partial charge in [-0.3, -0.25) is 4.79 Å². The van der Waals surface area contributed by atoms with Crippen LogP contribution in [0.1, 0.15) is 47.3 Å². The molecule has 0 bridgehead atoms. The van der Waals surface area contributed by atoms with Crippen LogP contribution >= 0.6 is 15.9 Å². The number of carbonyl (C=O) groups is 1. The number of hydrogen-bond donors (Lipinski definition) is 0. The number of piperidine rings is 1. The van der Waals surface area contributed by atoms with E-state index in [0.29, 0.717) is 35.1 Å². The third-order valence-electron chi connectivity index (χ3n) is 5.66. The lowest BCUT2D eigenvalue weighted by molar-refractivity contribution is 0.0609. The molecule has 2 aromatic carbocycles. The second-order valence-corrected chi connectivity index (χ2v) is 8.60. The molecule has 4 rings (SSSR count). The van der Waals surface area contributed by atoms with E-state index in [1.54, 1.807) is 42.3 Å². The molecule has 3 aromatic rings. The molecule has 1 aromatic heterocycles. The summed E-state index contributed by atoms with van der Waals surface area (Å²) in [6.07, 6.45) is 3.11. The number of likely N-dealkylation sites (tertiary alicyclic amines) is 1. The zero-order valence-corrected chi connectivity index (χ0v) is 18.2. The highest BCUT2D eigenvalue weighted by Gasteiger charge is 2.33. The number of halogens is 3. The molecular weight excluding hydrogens is 454 g/mol. The van der Waals surface area contributed by atoms with Crippen molar-refractivity contribution in [2.45, 2.75) is 38.6 Å².